The number of hydrogen-bond acceptors (Lipinski definition) is 5. The fourth-order valence-corrected chi connectivity index (χ4v) is 1.88. The van der Waals surface area contributed by atoms with E-state index >= 15 is 0 Å². The molecule has 0 spiro atoms. The first-order valence-corrected chi connectivity index (χ1v) is 5.65. The Labute approximate surface area is 108 Å². The lowest BCUT2D eigenvalue weighted by Crippen LogP contribution is -2.42. The minimum Gasteiger partial charge on any atom is -0.463 e. The van der Waals surface area contributed by atoms with Crippen LogP contribution in [0.5, 0.6) is 0 Å². The lowest BCUT2D eigenvalue weighted by atomic mass is 9.88. The van der Waals surface area contributed by atoms with Crippen molar-refractivity contribution in [1.82, 2.24) is 0 Å². The summed E-state index contributed by atoms with van der Waals surface area (Å²) in [6.07, 6.45) is 1.04. The first-order chi connectivity index (χ1) is 7.54. The number of nitrogens with zero attached hydrogens (tertiary/aromatic N) is 1. The van der Waals surface area contributed by atoms with Crippen molar-refractivity contribution in [2.45, 2.75) is 39.2 Å². The Kier molecular flexibility index (Phi) is 6.49. The van der Waals surface area contributed by atoms with E-state index < -0.39 is 5.60 Å². The average Bonchev–Trinajstić information content (AvgIpc) is 2.62. The van der Waals surface area contributed by atoms with Crippen LogP contribution in [0.1, 0.15) is 33.6 Å². The van der Waals surface area contributed by atoms with Crippen molar-refractivity contribution in [3.05, 3.63) is 0 Å². The van der Waals surface area contributed by atoms with Crippen molar-refractivity contribution in [2.24, 2.45) is 16.8 Å². The van der Waals surface area contributed by atoms with Crippen LogP contribution in [0.4, 0.5) is 0 Å². The van der Waals surface area contributed by atoms with Crippen LogP contribution < -0.4 is 5.73 Å². The molecule has 0 aromatic rings. The molecule has 1 aliphatic rings. The van der Waals surface area contributed by atoms with Gasteiger partial charge >= 0.3 is 5.97 Å². The van der Waals surface area contributed by atoms with Crippen LogP contribution in [-0.4, -0.2) is 30.4 Å². The van der Waals surface area contributed by atoms with E-state index in [1.165, 1.54) is 0 Å². The number of halogens is 1. The molecule has 0 aliphatic carbocycles. The van der Waals surface area contributed by atoms with E-state index in [2.05, 4.69) is 5.16 Å². The predicted octanol–water partition coefficient (Wildman–Crippen LogP) is 1.49. The number of hydrogen-bond donors (Lipinski definition) is 1. The van der Waals surface area contributed by atoms with Gasteiger partial charge in [0.05, 0.1) is 12.3 Å². The zero-order chi connectivity index (χ0) is 12.2. The lowest BCUT2D eigenvalue weighted by Gasteiger charge is -2.25. The van der Waals surface area contributed by atoms with Gasteiger partial charge in [0.2, 0.25) is 5.60 Å². The van der Waals surface area contributed by atoms with Crippen molar-refractivity contribution < 1.29 is 14.4 Å². The molecule has 1 atom stereocenters. The topological polar surface area (TPSA) is 73.9 Å². The summed E-state index contributed by atoms with van der Waals surface area (Å²) >= 11 is 0. The van der Waals surface area contributed by atoms with Crippen molar-refractivity contribution in [1.29, 1.82) is 0 Å². The quantitative estimate of drug-likeness (QED) is 0.764. The molecule has 0 radical (unpaired) electrons. The second kappa shape index (κ2) is 6.81. The van der Waals surface area contributed by atoms with Crippen LogP contribution in [0, 0.1) is 5.92 Å². The van der Waals surface area contributed by atoms with Gasteiger partial charge in [-0.05, 0) is 12.8 Å². The van der Waals surface area contributed by atoms with E-state index in [9.17, 15) is 4.79 Å². The van der Waals surface area contributed by atoms with Gasteiger partial charge in [-0.3, -0.25) is 0 Å². The number of ether oxygens (including phenoxy) is 1. The summed E-state index contributed by atoms with van der Waals surface area (Å²) < 4.78 is 5.04. The lowest BCUT2D eigenvalue weighted by molar-refractivity contribution is -0.171. The number of rotatable bonds is 5. The summed E-state index contributed by atoms with van der Waals surface area (Å²) in [6, 6.07) is 0. The third kappa shape index (κ3) is 3.85. The zero-order valence-electron chi connectivity index (χ0n) is 10.6. The second-order valence-corrected chi connectivity index (χ2v) is 4.44. The number of carbonyl (C=O) groups excluding carboxylic acids is 1. The molecule has 0 aromatic carbocycles. The summed E-state index contributed by atoms with van der Waals surface area (Å²) in [5, 5.41) is 3.85. The molecular weight excluding hydrogens is 244 g/mol. The minimum absolute atomic E-state index is 0. The van der Waals surface area contributed by atoms with Gasteiger partial charge < -0.3 is 15.3 Å². The van der Waals surface area contributed by atoms with Gasteiger partial charge in [-0.25, -0.2) is 4.79 Å². The Hall–Kier alpha value is -0.810. The van der Waals surface area contributed by atoms with E-state index in [1.54, 1.807) is 6.92 Å². The number of nitrogens with two attached hydrogens (primary N) is 1. The normalized spacial score (nSPS) is 22.8. The number of carbonyl (C=O) groups is 1. The van der Waals surface area contributed by atoms with E-state index in [0.717, 1.165) is 0 Å². The van der Waals surface area contributed by atoms with Crippen molar-refractivity contribution >= 4 is 24.1 Å². The maximum atomic E-state index is 11.9. The summed E-state index contributed by atoms with van der Waals surface area (Å²) in [4.78, 5) is 17.2. The highest BCUT2D eigenvalue weighted by molar-refractivity contribution is 5.94. The molecule has 1 rings (SSSR count). The van der Waals surface area contributed by atoms with Gasteiger partial charge in [0.1, 0.15) is 0 Å². The van der Waals surface area contributed by atoms with Crippen LogP contribution in [0.2, 0.25) is 0 Å². The summed E-state index contributed by atoms with van der Waals surface area (Å²) in [5.74, 6) is -0.00682. The smallest absolute Gasteiger partial charge is 0.353 e. The van der Waals surface area contributed by atoms with E-state index in [4.69, 9.17) is 15.3 Å². The predicted molar refractivity (Wildman–Crippen MR) is 68.3 cm³/mol. The fourth-order valence-electron chi connectivity index (χ4n) is 1.88. The molecule has 17 heavy (non-hydrogen) atoms. The molecular formula is C11H21ClN2O3. The maximum Gasteiger partial charge on any atom is 0.353 e. The minimum atomic E-state index is -0.946. The Morgan fingerprint density at radius 2 is 2.29 bits per heavy atom. The largest absolute Gasteiger partial charge is 0.463 e. The molecule has 0 fully saturated rings. The molecule has 2 N–H and O–H groups in total. The molecule has 0 saturated heterocycles. The number of oxime groups is 1. The van der Waals surface area contributed by atoms with Crippen LogP contribution >= 0.6 is 12.4 Å². The summed E-state index contributed by atoms with van der Waals surface area (Å²) in [6.45, 7) is 6.51. The Balaban J connectivity index is 0.00000256. The van der Waals surface area contributed by atoms with Gasteiger partial charge in [-0.2, -0.15) is 0 Å². The Morgan fingerprint density at radius 1 is 1.65 bits per heavy atom. The molecule has 0 amide bonds. The molecule has 1 heterocycles. The van der Waals surface area contributed by atoms with Crippen molar-refractivity contribution in [3.8, 4) is 0 Å². The second-order valence-electron chi connectivity index (χ2n) is 4.44. The highest BCUT2D eigenvalue weighted by atomic mass is 35.5. The summed E-state index contributed by atoms with van der Waals surface area (Å²) in [5.41, 5.74) is 5.27. The van der Waals surface area contributed by atoms with Gasteiger partial charge in [0.25, 0.3) is 0 Å². The molecule has 6 heteroatoms. The van der Waals surface area contributed by atoms with Gasteiger partial charge in [0, 0.05) is 19.4 Å². The molecule has 100 valence electrons. The third-order valence-electron chi connectivity index (χ3n) is 2.46. The highest BCUT2D eigenvalue weighted by Gasteiger charge is 2.47. The SMILES string of the molecule is CCOC(=O)C1(CC(C)C)CC(CN)=NO1.Cl. The monoisotopic (exact) mass is 264 g/mol. The maximum absolute atomic E-state index is 11.9. The number of esters is 1. The fraction of sp³-hybridized carbons (Fsp3) is 0.818. The molecule has 0 aromatic heterocycles. The van der Waals surface area contributed by atoms with Gasteiger partial charge in [-0.1, -0.05) is 19.0 Å². The van der Waals surface area contributed by atoms with Gasteiger partial charge in [-0.15, -0.1) is 12.4 Å². The molecule has 1 aliphatic heterocycles. The zero-order valence-corrected chi connectivity index (χ0v) is 11.4. The Bertz CT molecular complexity index is 294. The van der Waals surface area contributed by atoms with Crippen LogP contribution in [0.3, 0.4) is 0 Å². The first-order valence-electron chi connectivity index (χ1n) is 5.65. The average molecular weight is 265 g/mol. The standard InChI is InChI=1S/C11H20N2O3.ClH/c1-4-15-10(14)11(5-8(2)3)6-9(7-12)13-16-11;/h8H,4-7,12H2,1-3H3;1H. The van der Waals surface area contributed by atoms with Crippen molar-refractivity contribution in [3.63, 3.8) is 0 Å². The third-order valence-corrected chi connectivity index (χ3v) is 2.46. The van der Waals surface area contributed by atoms with Crippen LogP contribution in [-0.2, 0) is 14.4 Å². The molecule has 1 unspecified atom stereocenters. The van der Waals surface area contributed by atoms with Crippen molar-refractivity contribution in [2.75, 3.05) is 13.2 Å². The Morgan fingerprint density at radius 3 is 2.71 bits per heavy atom. The van der Waals surface area contributed by atoms with E-state index in [0.29, 0.717) is 37.6 Å². The molecule has 5 nitrogen and oxygen atoms in total. The van der Waals surface area contributed by atoms with Gasteiger partial charge in [0.15, 0.2) is 0 Å². The van der Waals surface area contributed by atoms with E-state index in [-0.39, 0.29) is 18.4 Å². The van der Waals surface area contributed by atoms with Crippen LogP contribution in [0.15, 0.2) is 5.16 Å². The summed E-state index contributed by atoms with van der Waals surface area (Å²) in [7, 11) is 0. The molecule has 0 bridgehead atoms. The van der Waals surface area contributed by atoms with Crippen LogP contribution in [0.25, 0.3) is 0 Å². The highest BCUT2D eigenvalue weighted by Crippen LogP contribution is 2.32. The van der Waals surface area contributed by atoms with E-state index in [1.807, 2.05) is 13.8 Å². The first kappa shape index (κ1) is 16.2. The molecule has 0 saturated carbocycles.